The topological polar surface area (TPSA) is 79.4 Å². The summed E-state index contributed by atoms with van der Waals surface area (Å²) >= 11 is 0. The Morgan fingerprint density at radius 1 is 0.839 bits per heavy atom. The van der Waals surface area contributed by atoms with Crippen molar-refractivity contribution in [1.82, 2.24) is 14.7 Å². The second-order valence-corrected chi connectivity index (χ2v) is 7.84. The average Bonchev–Trinajstić information content (AvgIpc) is 3.07. The second-order valence-electron chi connectivity index (χ2n) is 7.84. The molecular formula is C23H23N3O5. The third-order valence-electron chi connectivity index (χ3n) is 5.99. The van der Waals surface area contributed by atoms with E-state index in [-0.39, 0.29) is 24.3 Å². The van der Waals surface area contributed by atoms with Crippen LogP contribution in [0.4, 0.5) is 0 Å². The Morgan fingerprint density at radius 2 is 1.45 bits per heavy atom. The first-order chi connectivity index (χ1) is 15.1. The van der Waals surface area contributed by atoms with E-state index in [2.05, 4.69) is 4.90 Å². The Labute approximate surface area is 179 Å². The number of hydrogen-bond donors (Lipinski definition) is 0. The van der Waals surface area contributed by atoms with Gasteiger partial charge in [0.05, 0.1) is 11.1 Å². The minimum atomic E-state index is -0.639. The van der Waals surface area contributed by atoms with Crippen molar-refractivity contribution in [3.63, 3.8) is 0 Å². The molecule has 1 atom stereocenters. The number of amides is 3. The van der Waals surface area contributed by atoms with Gasteiger partial charge in [0.1, 0.15) is 6.61 Å². The van der Waals surface area contributed by atoms with Crippen LogP contribution in [0.5, 0.6) is 11.5 Å². The molecule has 3 amide bonds. The van der Waals surface area contributed by atoms with Gasteiger partial charge in [0.15, 0.2) is 11.5 Å². The summed E-state index contributed by atoms with van der Waals surface area (Å²) in [6, 6.07) is 14.3. The van der Waals surface area contributed by atoms with E-state index >= 15 is 0 Å². The maximum atomic E-state index is 12.9. The highest BCUT2D eigenvalue weighted by Gasteiger charge is 2.36. The number of piperazine rings is 1. The zero-order valence-corrected chi connectivity index (χ0v) is 17.0. The predicted molar refractivity (Wildman–Crippen MR) is 111 cm³/mol. The Morgan fingerprint density at radius 3 is 2.13 bits per heavy atom. The molecule has 0 unspecified atom stereocenters. The van der Waals surface area contributed by atoms with E-state index in [0.717, 1.165) is 0 Å². The van der Waals surface area contributed by atoms with Crippen LogP contribution in [-0.4, -0.2) is 84.4 Å². The van der Waals surface area contributed by atoms with Gasteiger partial charge in [-0.05, 0) is 24.3 Å². The fourth-order valence-electron chi connectivity index (χ4n) is 4.22. The van der Waals surface area contributed by atoms with Gasteiger partial charge < -0.3 is 14.4 Å². The van der Waals surface area contributed by atoms with Gasteiger partial charge in [-0.3, -0.25) is 24.2 Å². The molecule has 1 saturated heterocycles. The lowest BCUT2D eigenvalue weighted by atomic mass is 10.1. The SMILES string of the molecule is O=C([C@H]1COc2ccccc2O1)N1CCN(CCN2C(=O)c3ccccc3C2=O)CC1. The zero-order valence-electron chi connectivity index (χ0n) is 17.0. The van der Waals surface area contributed by atoms with Gasteiger partial charge in [-0.1, -0.05) is 24.3 Å². The van der Waals surface area contributed by atoms with Gasteiger partial charge >= 0.3 is 0 Å². The number of hydrogen-bond acceptors (Lipinski definition) is 6. The molecule has 8 nitrogen and oxygen atoms in total. The van der Waals surface area contributed by atoms with E-state index in [4.69, 9.17) is 9.47 Å². The standard InChI is InChI=1S/C23H23N3O5/c27-21-16-5-1-2-6-17(16)22(28)26(21)14-11-24-9-12-25(13-10-24)23(29)20-15-30-18-7-3-4-8-19(18)31-20/h1-8,20H,9-15H2/t20-/m1/s1. The molecule has 0 aromatic heterocycles. The van der Waals surface area contributed by atoms with Gasteiger partial charge in [0.25, 0.3) is 17.7 Å². The molecule has 0 aliphatic carbocycles. The van der Waals surface area contributed by atoms with Crippen molar-refractivity contribution >= 4 is 17.7 Å². The Hall–Kier alpha value is -3.39. The van der Waals surface area contributed by atoms with Gasteiger partial charge in [0, 0.05) is 39.3 Å². The van der Waals surface area contributed by atoms with Crippen molar-refractivity contribution in [2.45, 2.75) is 6.10 Å². The van der Waals surface area contributed by atoms with Crippen molar-refractivity contribution in [2.75, 3.05) is 45.9 Å². The van der Waals surface area contributed by atoms with Gasteiger partial charge in [-0.25, -0.2) is 0 Å². The minimum Gasteiger partial charge on any atom is -0.485 e. The van der Waals surface area contributed by atoms with Gasteiger partial charge in [-0.2, -0.15) is 0 Å². The molecule has 0 saturated carbocycles. The number of ether oxygens (including phenoxy) is 2. The molecule has 3 aliphatic rings. The molecule has 5 rings (SSSR count). The quantitative estimate of drug-likeness (QED) is 0.692. The predicted octanol–water partition coefficient (Wildman–Crippen LogP) is 1.27. The molecule has 3 heterocycles. The van der Waals surface area contributed by atoms with E-state index in [1.54, 1.807) is 35.2 Å². The summed E-state index contributed by atoms with van der Waals surface area (Å²) in [6.07, 6.45) is -0.639. The number of benzene rings is 2. The molecule has 2 aromatic rings. The summed E-state index contributed by atoms with van der Waals surface area (Å²) in [7, 11) is 0. The summed E-state index contributed by atoms with van der Waals surface area (Å²) in [5.41, 5.74) is 0.943. The van der Waals surface area contributed by atoms with E-state index in [1.165, 1.54) is 4.90 Å². The maximum absolute atomic E-state index is 12.9. The number of imide groups is 1. The maximum Gasteiger partial charge on any atom is 0.267 e. The van der Waals surface area contributed by atoms with Crippen LogP contribution in [-0.2, 0) is 4.79 Å². The molecule has 160 valence electrons. The molecule has 2 aromatic carbocycles. The highest BCUT2D eigenvalue weighted by molar-refractivity contribution is 6.21. The summed E-state index contributed by atoms with van der Waals surface area (Å²) in [4.78, 5) is 43.1. The van der Waals surface area contributed by atoms with Crippen LogP contribution in [0.15, 0.2) is 48.5 Å². The van der Waals surface area contributed by atoms with Crippen LogP contribution in [0, 0.1) is 0 Å². The van der Waals surface area contributed by atoms with E-state index in [0.29, 0.717) is 61.9 Å². The highest BCUT2D eigenvalue weighted by Crippen LogP contribution is 2.31. The van der Waals surface area contributed by atoms with Crippen molar-refractivity contribution in [1.29, 1.82) is 0 Å². The number of carbonyl (C=O) groups excluding carboxylic acids is 3. The Kier molecular flexibility index (Phi) is 5.07. The Balaban J connectivity index is 1.12. The lowest BCUT2D eigenvalue weighted by molar-refractivity contribution is -0.143. The molecule has 3 aliphatic heterocycles. The van der Waals surface area contributed by atoms with Crippen LogP contribution in [0.25, 0.3) is 0 Å². The molecule has 0 bridgehead atoms. The Bertz CT molecular complexity index is 996. The summed E-state index contributed by atoms with van der Waals surface area (Å²) < 4.78 is 11.5. The fourth-order valence-corrected chi connectivity index (χ4v) is 4.22. The van der Waals surface area contributed by atoms with Crippen LogP contribution >= 0.6 is 0 Å². The first-order valence-electron chi connectivity index (χ1n) is 10.5. The van der Waals surface area contributed by atoms with Gasteiger partial charge in [-0.15, -0.1) is 0 Å². The second kappa shape index (κ2) is 8.03. The molecule has 0 N–H and O–H groups in total. The highest BCUT2D eigenvalue weighted by atomic mass is 16.6. The largest absolute Gasteiger partial charge is 0.485 e. The van der Waals surface area contributed by atoms with Crippen LogP contribution in [0.2, 0.25) is 0 Å². The first-order valence-corrected chi connectivity index (χ1v) is 10.5. The lowest BCUT2D eigenvalue weighted by Crippen LogP contribution is -2.54. The van der Waals surface area contributed by atoms with Crippen LogP contribution in [0.3, 0.4) is 0 Å². The number of carbonyl (C=O) groups is 3. The van der Waals surface area contributed by atoms with Crippen LogP contribution in [0.1, 0.15) is 20.7 Å². The molecule has 0 radical (unpaired) electrons. The molecular weight excluding hydrogens is 398 g/mol. The van der Waals surface area contributed by atoms with E-state index in [9.17, 15) is 14.4 Å². The van der Waals surface area contributed by atoms with Crippen LogP contribution < -0.4 is 9.47 Å². The summed E-state index contributed by atoms with van der Waals surface area (Å²) in [5.74, 6) is 0.707. The van der Waals surface area contributed by atoms with Gasteiger partial charge in [0.2, 0.25) is 6.10 Å². The number of nitrogens with zero attached hydrogens (tertiary/aromatic N) is 3. The molecule has 0 spiro atoms. The van der Waals surface area contributed by atoms with Crippen molar-refractivity contribution in [3.05, 3.63) is 59.7 Å². The number of para-hydroxylation sites is 2. The summed E-state index contributed by atoms with van der Waals surface area (Å²) in [5, 5.41) is 0. The number of rotatable bonds is 4. The third-order valence-corrected chi connectivity index (χ3v) is 5.99. The minimum absolute atomic E-state index is 0.0745. The average molecular weight is 421 g/mol. The molecule has 8 heteroatoms. The number of fused-ring (bicyclic) bond motifs is 2. The van der Waals surface area contributed by atoms with Crippen molar-refractivity contribution in [2.24, 2.45) is 0 Å². The first kappa shape index (κ1) is 19.6. The third kappa shape index (κ3) is 3.63. The zero-order chi connectivity index (χ0) is 21.4. The summed E-state index contributed by atoms with van der Waals surface area (Å²) in [6.45, 7) is 3.64. The monoisotopic (exact) mass is 421 g/mol. The van der Waals surface area contributed by atoms with E-state index in [1.807, 2.05) is 18.2 Å². The van der Waals surface area contributed by atoms with Crippen molar-refractivity contribution in [3.8, 4) is 11.5 Å². The molecule has 31 heavy (non-hydrogen) atoms. The smallest absolute Gasteiger partial charge is 0.267 e. The van der Waals surface area contributed by atoms with E-state index < -0.39 is 6.10 Å². The normalized spacial score (nSPS) is 20.7. The van der Waals surface area contributed by atoms with Crippen molar-refractivity contribution < 1.29 is 23.9 Å². The molecule has 1 fully saturated rings. The lowest BCUT2D eigenvalue weighted by Gasteiger charge is -2.37. The fraction of sp³-hybridized carbons (Fsp3) is 0.348.